The third kappa shape index (κ3) is 8.60. The van der Waals surface area contributed by atoms with Crippen LogP contribution in [-0.2, 0) is 25.7 Å². The van der Waals surface area contributed by atoms with Gasteiger partial charge in [-0.1, -0.05) is 42.5 Å². The number of nitrogens with one attached hydrogen (secondary N) is 1. The molecule has 1 fully saturated rings. The van der Waals surface area contributed by atoms with E-state index in [1.54, 1.807) is 18.7 Å². The molecule has 1 heterocycles. The minimum Gasteiger partial charge on any atom is -0.467 e. The van der Waals surface area contributed by atoms with Crippen LogP contribution in [0.5, 0.6) is 0 Å². The highest BCUT2D eigenvalue weighted by molar-refractivity contribution is 7.98. The number of halogens is 1. The Morgan fingerprint density at radius 2 is 1.95 bits per heavy atom. The van der Waals surface area contributed by atoms with E-state index < -0.39 is 18.1 Å². The Bertz CT molecular complexity index is 1050. The lowest BCUT2D eigenvalue weighted by Gasteiger charge is -2.32. The second kappa shape index (κ2) is 15.2. The van der Waals surface area contributed by atoms with E-state index in [1.165, 1.54) is 7.11 Å². The smallest absolute Gasteiger partial charge is 0.328 e. The van der Waals surface area contributed by atoms with Gasteiger partial charge in [0.1, 0.15) is 6.04 Å². The molecule has 3 N–H and O–H groups in total. The summed E-state index contributed by atoms with van der Waals surface area (Å²) < 4.78 is 4.90. The van der Waals surface area contributed by atoms with Gasteiger partial charge in [0.25, 0.3) is 0 Å². The second-order valence-electron chi connectivity index (χ2n) is 9.35. The number of benzene rings is 2. The number of likely N-dealkylation sites (tertiary alicyclic amines) is 1. The number of thioether (sulfide) groups is 1. The highest BCUT2D eigenvalue weighted by Gasteiger charge is 2.32. The molecule has 37 heavy (non-hydrogen) atoms. The Balaban J connectivity index is 0.00000481. The fourth-order valence-electron chi connectivity index (χ4n) is 4.80. The van der Waals surface area contributed by atoms with Crippen LogP contribution < -0.4 is 11.1 Å². The average Bonchev–Trinajstić information content (AvgIpc) is 3.33. The molecule has 2 amide bonds. The topological polar surface area (TPSA) is 105 Å². The van der Waals surface area contributed by atoms with E-state index in [0.717, 1.165) is 34.9 Å². The Kier molecular flexibility index (Phi) is 12.7. The average molecular weight is 551 g/mol. The van der Waals surface area contributed by atoms with Crippen LogP contribution >= 0.6 is 24.2 Å². The highest BCUT2D eigenvalue weighted by Crippen LogP contribution is 2.23. The SMILES string of the molecule is COC(=O)[C@H](CCSC)NC(=O)CN(Cc1cccc2ccccc12)C[C@@H]1CCCN1C(=O)[C@@H](C)N.Cl. The van der Waals surface area contributed by atoms with Crippen molar-refractivity contribution in [3.8, 4) is 0 Å². The van der Waals surface area contributed by atoms with Crippen LogP contribution in [0.25, 0.3) is 10.8 Å². The maximum Gasteiger partial charge on any atom is 0.328 e. The van der Waals surface area contributed by atoms with E-state index >= 15 is 0 Å². The van der Waals surface area contributed by atoms with Crippen LogP contribution in [0.2, 0.25) is 0 Å². The molecule has 0 bridgehead atoms. The zero-order valence-electron chi connectivity index (χ0n) is 21.9. The summed E-state index contributed by atoms with van der Waals surface area (Å²) in [6.07, 6.45) is 4.24. The van der Waals surface area contributed by atoms with Crippen molar-refractivity contribution in [3.63, 3.8) is 0 Å². The van der Waals surface area contributed by atoms with Crippen LogP contribution in [0.1, 0.15) is 31.7 Å². The lowest BCUT2D eigenvalue weighted by Crippen LogP contribution is -2.51. The van der Waals surface area contributed by atoms with E-state index in [-0.39, 0.29) is 36.8 Å². The number of carbonyl (C=O) groups excluding carboxylic acids is 3. The number of rotatable bonds is 12. The summed E-state index contributed by atoms with van der Waals surface area (Å²) in [6.45, 7) is 3.58. The molecule has 0 radical (unpaired) electrons. The molecule has 2 aromatic carbocycles. The molecule has 1 aliphatic heterocycles. The van der Waals surface area contributed by atoms with Crippen LogP contribution in [-0.4, -0.2) is 84.5 Å². The van der Waals surface area contributed by atoms with E-state index in [2.05, 4.69) is 34.5 Å². The van der Waals surface area contributed by atoms with Crippen molar-refractivity contribution >= 4 is 52.7 Å². The molecule has 0 aliphatic carbocycles. The van der Waals surface area contributed by atoms with Gasteiger partial charge < -0.3 is 20.7 Å². The second-order valence-corrected chi connectivity index (χ2v) is 10.3. The van der Waals surface area contributed by atoms with Gasteiger partial charge in [-0.25, -0.2) is 4.79 Å². The van der Waals surface area contributed by atoms with Gasteiger partial charge in [0, 0.05) is 25.7 Å². The third-order valence-electron chi connectivity index (χ3n) is 6.59. The zero-order chi connectivity index (χ0) is 26.1. The summed E-state index contributed by atoms with van der Waals surface area (Å²) in [5.74, 6) is -0.0110. The van der Waals surface area contributed by atoms with Crippen LogP contribution in [0, 0.1) is 0 Å². The molecule has 2 aromatic rings. The molecule has 3 rings (SSSR count). The first-order chi connectivity index (χ1) is 17.3. The quantitative estimate of drug-likeness (QED) is 0.391. The molecular weight excluding hydrogens is 512 g/mol. The molecule has 10 heteroatoms. The van der Waals surface area contributed by atoms with Crippen molar-refractivity contribution in [2.45, 2.75) is 50.9 Å². The largest absolute Gasteiger partial charge is 0.467 e. The molecular formula is C27H39ClN4O4S. The number of nitrogens with zero attached hydrogens (tertiary/aromatic N) is 2. The summed E-state index contributed by atoms with van der Waals surface area (Å²) in [5.41, 5.74) is 7.00. The summed E-state index contributed by atoms with van der Waals surface area (Å²) >= 11 is 1.61. The Labute approximate surface area is 230 Å². The monoisotopic (exact) mass is 550 g/mol. The highest BCUT2D eigenvalue weighted by atomic mass is 35.5. The molecule has 0 unspecified atom stereocenters. The number of carbonyl (C=O) groups is 3. The van der Waals surface area contributed by atoms with Gasteiger partial charge in [-0.05, 0) is 54.5 Å². The minimum absolute atomic E-state index is 0. The van der Waals surface area contributed by atoms with Gasteiger partial charge in [0.2, 0.25) is 11.8 Å². The third-order valence-corrected chi connectivity index (χ3v) is 7.24. The van der Waals surface area contributed by atoms with Crippen molar-refractivity contribution in [1.82, 2.24) is 15.1 Å². The fourth-order valence-corrected chi connectivity index (χ4v) is 5.27. The van der Waals surface area contributed by atoms with Crippen LogP contribution in [0.4, 0.5) is 0 Å². The van der Waals surface area contributed by atoms with Crippen molar-refractivity contribution in [2.75, 3.05) is 38.8 Å². The Morgan fingerprint density at radius 3 is 2.65 bits per heavy atom. The predicted octanol–water partition coefficient (Wildman–Crippen LogP) is 2.81. The van der Waals surface area contributed by atoms with E-state index in [1.807, 2.05) is 29.4 Å². The normalized spacial score (nSPS) is 16.8. The number of hydrogen-bond acceptors (Lipinski definition) is 7. The van der Waals surface area contributed by atoms with Crippen molar-refractivity contribution < 1.29 is 19.1 Å². The maximum absolute atomic E-state index is 13.1. The molecule has 0 aromatic heterocycles. The van der Waals surface area contributed by atoms with Gasteiger partial charge in [-0.3, -0.25) is 14.5 Å². The van der Waals surface area contributed by atoms with E-state index in [4.69, 9.17) is 10.5 Å². The molecule has 3 atom stereocenters. The number of hydrogen-bond donors (Lipinski definition) is 2. The molecule has 0 saturated carbocycles. The molecule has 8 nitrogen and oxygen atoms in total. The summed E-state index contributed by atoms with van der Waals surface area (Å²) in [7, 11) is 1.33. The first-order valence-corrected chi connectivity index (χ1v) is 13.8. The minimum atomic E-state index is -0.683. The number of ether oxygens (including phenoxy) is 1. The van der Waals surface area contributed by atoms with Crippen molar-refractivity contribution in [2.24, 2.45) is 5.73 Å². The zero-order valence-corrected chi connectivity index (χ0v) is 23.5. The fraction of sp³-hybridized carbons (Fsp3) is 0.519. The number of esters is 1. The van der Waals surface area contributed by atoms with Crippen molar-refractivity contribution in [1.29, 1.82) is 0 Å². The van der Waals surface area contributed by atoms with Crippen molar-refractivity contribution in [3.05, 3.63) is 48.0 Å². The molecule has 204 valence electrons. The number of methoxy groups -OCH3 is 1. The van der Waals surface area contributed by atoms with Crippen LogP contribution in [0.3, 0.4) is 0 Å². The molecule has 1 saturated heterocycles. The number of nitrogens with two attached hydrogens (primary N) is 1. The summed E-state index contributed by atoms with van der Waals surface area (Å²) in [4.78, 5) is 42.0. The van der Waals surface area contributed by atoms with Gasteiger partial charge in [0.15, 0.2) is 0 Å². The molecule has 0 spiro atoms. The van der Waals surface area contributed by atoms with Gasteiger partial charge in [-0.2, -0.15) is 11.8 Å². The molecule has 1 aliphatic rings. The maximum atomic E-state index is 13.1. The predicted molar refractivity (Wildman–Crippen MR) is 152 cm³/mol. The van der Waals surface area contributed by atoms with Gasteiger partial charge >= 0.3 is 5.97 Å². The first kappa shape index (κ1) is 30.9. The van der Waals surface area contributed by atoms with E-state index in [9.17, 15) is 14.4 Å². The summed E-state index contributed by atoms with van der Waals surface area (Å²) in [6, 6.07) is 13.1. The van der Waals surface area contributed by atoms with Crippen LogP contribution in [0.15, 0.2) is 42.5 Å². The lowest BCUT2D eigenvalue weighted by atomic mass is 10.0. The Hall–Kier alpha value is -2.33. The standard InChI is InChI=1S/C27H38N4O4S.ClH/c1-19(28)26(33)31-14-7-11-22(31)17-30(16-21-10-6-9-20-8-4-5-12-23(20)21)18-25(32)29-24(13-15-36-3)27(34)35-2;/h4-6,8-10,12,19,22,24H,7,11,13-18,28H2,1-3H3,(H,29,32);1H/t19-,22+,24+;/m1./s1. The van der Waals surface area contributed by atoms with Gasteiger partial charge in [-0.15, -0.1) is 12.4 Å². The number of amides is 2. The Morgan fingerprint density at radius 1 is 1.22 bits per heavy atom. The van der Waals surface area contributed by atoms with E-state index in [0.29, 0.717) is 26.1 Å². The first-order valence-electron chi connectivity index (χ1n) is 12.4. The lowest BCUT2D eigenvalue weighted by molar-refractivity contribution is -0.145. The summed E-state index contributed by atoms with van der Waals surface area (Å²) in [5, 5.41) is 5.13. The van der Waals surface area contributed by atoms with Gasteiger partial charge in [0.05, 0.1) is 19.7 Å². The number of fused-ring (bicyclic) bond motifs is 1.